The molecule has 1 amide bonds. The van der Waals surface area contributed by atoms with Gasteiger partial charge in [0.05, 0.1) is 29.5 Å². The SMILES string of the molecule is C=C(NC1CC1)c1cnc2c(NC)cc(Nc3ccoc3C(=O)NC)nn12. The first-order valence-electron chi connectivity index (χ1n) is 8.69. The highest BCUT2D eigenvalue weighted by Gasteiger charge is 2.23. The van der Waals surface area contributed by atoms with Crippen molar-refractivity contribution in [2.75, 3.05) is 24.7 Å². The summed E-state index contributed by atoms with van der Waals surface area (Å²) in [6, 6.07) is 3.98. The van der Waals surface area contributed by atoms with Gasteiger partial charge in [0.15, 0.2) is 11.5 Å². The van der Waals surface area contributed by atoms with Gasteiger partial charge in [0.25, 0.3) is 5.91 Å². The highest BCUT2D eigenvalue weighted by atomic mass is 16.3. The van der Waals surface area contributed by atoms with E-state index in [1.807, 2.05) is 13.1 Å². The van der Waals surface area contributed by atoms with Crippen molar-refractivity contribution in [3.8, 4) is 0 Å². The second kappa shape index (κ2) is 6.67. The van der Waals surface area contributed by atoms with Gasteiger partial charge < -0.3 is 25.7 Å². The molecular weight excluding hydrogens is 346 g/mol. The number of anilines is 3. The Labute approximate surface area is 155 Å². The molecule has 0 saturated heterocycles. The lowest BCUT2D eigenvalue weighted by Gasteiger charge is -2.11. The lowest BCUT2D eigenvalue weighted by atomic mass is 10.3. The van der Waals surface area contributed by atoms with Gasteiger partial charge in [0.1, 0.15) is 5.69 Å². The summed E-state index contributed by atoms with van der Waals surface area (Å²) in [6.07, 6.45) is 5.51. The zero-order valence-electron chi connectivity index (χ0n) is 15.2. The smallest absolute Gasteiger partial charge is 0.288 e. The second-order valence-electron chi connectivity index (χ2n) is 6.34. The van der Waals surface area contributed by atoms with E-state index >= 15 is 0 Å². The standard InChI is InChI=1S/C18H21N7O2/c1-10(22-11-4-5-11)14-9-21-17-13(19-2)8-15(24-25(14)17)23-12-6-7-27-16(12)18(26)20-3/h6-9,11,19,22H,1,4-5H2,2-3H3,(H,20,26)(H,23,24). The number of aromatic nitrogens is 3. The van der Waals surface area contributed by atoms with Gasteiger partial charge in [-0.05, 0) is 12.8 Å². The molecule has 3 aromatic heterocycles. The van der Waals surface area contributed by atoms with Crippen molar-refractivity contribution in [3.05, 3.63) is 42.6 Å². The Morgan fingerprint density at radius 3 is 2.85 bits per heavy atom. The molecule has 0 aromatic carbocycles. The van der Waals surface area contributed by atoms with Crippen LogP contribution in [0.4, 0.5) is 17.2 Å². The lowest BCUT2D eigenvalue weighted by molar-refractivity contribution is 0.0937. The fraction of sp³-hybridized carbons (Fsp3) is 0.278. The van der Waals surface area contributed by atoms with Crippen molar-refractivity contribution in [1.82, 2.24) is 25.2 Å². The van der Waals surface area contributed by atoms with Gasteiger partial charge in [0, 0.05) is 32.3 Å². The van der Waals surface area contributed by atoms with Crippen LogP contribution in [0.5, 0.6) is 0 Å². The highest BCUT2D eigenvalue weighted by Crippen LogP contribution is 2.27. The van der Waals surface area contributed by atoms with Crippen molar-refractivity contribution >= 4 is 34.4 Å². The molecule has 1 saturated carbocycles. The van der Waals surface area contributed by atoms with Gasteiger partial charge in [0.2, 0.25) is 5.76 Å². The van der Waals surface area contributed by atoms with Gasteiger partial charge in [-0.15, -0.1) is 5.10 Å². The molecule has 9 heteroatoms. The monoisotopic (exact) mass is 367 g/mol. The van der Waals surface area contributed by atoms with Crippen LogP contribution in [0.25, 0.3) is 11.3 Å². The molecule has 0 unspecified atom stereocenters. The summed E-state index contributed by atoms with van der Waals surface area (Å²) in [5.74, 6) is 0.413. The number of carbonyl (C=O) groups excluding carboxylic acids is 1. The molecule has 1 aliphatic rings. The molecule has 3 heterocycles. The predicted molar refractivity (Wildman–Crippen MR) is 103 cm³/mol. The number of hydrogen-bond donors (Lipinski definition) is 4. The van der Waals surface area contributed by atoms with Crippen LogP contribution < -0.4 is 21.3 Å². The summed E-state index contributed by atoms with van der Waals surface area (Å²) >= 11 is 0. The maximum atomic E-state index is 11.9. The van der Waals surface area contributed by atoms with E-state index in [9.17, 15) is 4.79 Å². The Morgan fingerprint density at radius 2 is 2.15 bits per heavy atom. The lowest BCUT2D eigenvalue weighted by Crippen LogP contribution is -2.18. The molecule has 4 rings (SSSR count). The molecule has 0 bridgehead atoms. The quantitative estimate of drug-likeness (QED) is 0.507. The first-order valence-corrected chi connectivity index (χ1v) is 8.69. The fourth-order valence-corrected chi connectivity index (χ4v) is 2.80. The number of amides is 1. The summed E-state index contributed by atoms with van der Waals surface area (Å²) in [5.41, 5.74) is 3.58. The van der Waals surface area contributed by atoms with Crippen molar-refractivity contribution in [3.63, 3.8) is 0 Å². The van der Waals surface area contributed by atoms with E-state index in [2.05, 4.69) is 37.9 Å². The summed E-state index contributed by atoms with van der Waals surface area (Å²) in [5, 5.41) is 16.8. The van der Waals surface area contributed by atoms with Gasteiger partial charge in [-0.25, -0.2) is 9.50 Å². The van der Waals surface area contributed by atoms with Crippen molar-refractivity contribution in [1.29, 1.82) is 0 Å². The molecule has 1 fully saturated rings. The van der Waals surface area contributed by atoms with Crippen molar-refractivity contribution < 1.29 is 9.21 Å². The third-order valence-corrected chi connectivity index (χ3v) is 4.36. The summed E-state index contributed by atoms with van der Waals surface area (Å²) in [6.45, 7) is 4.12. The molecular formula is C18H21N7O2. The van der Waals surface area contributed by atoms with Crippen molar-refractivity contribution in [2.45, 2.75) is 18.9 Å². The minimum Gasteiger partial charge on any atom is -0.457 e. The average Bonchev–Trinajstić information content (AvgIpc) is 3.19. The average molecular weight is 367 g/mol. The number of rotatable bonds is 7. The highest BCUT2D eigenvalue weighted by molar-refractivity contribution is 5.97. The maximum Gasteiger partial charge on any atom is 0.288 e. The van der Waals surface area contributed by atoms with Crippen LogP contribution in [0.15, 0.2) is 35.6 Å². The topological polar surface area (TPSA) is 109 Å². The minimum atomic E-state index is -0.317. The van der Waals surface area contributed by atoms with E-state index in [0.717, 1.165) is 29.9 Å². The van der Waals surface area contributed by atoms with E-state index in [1.165, 1.54) is 6.26 Å². The number of nitrogens with zero attached hydrogens (tertiary/aromatic N) is 3. The number of imidazole rings is 1. The van der Waals surface area contributed by atoms with E-state index in [1.54, 1.807) is 23.8 Å². The number of hydrogen-bond acceptors (Lipinski definition) is 7. The normalized spacial score (nSPS) is 13.4. The zero-order valence-corrected chi connectivity index (χ0v) is 15.2. The molecule has 3 aromatic rings. The molecule has 1 aliphatic carbocycles. The van der Waals surface area contributed by atoms with E-state index in [4.69, 9.17) is 4.42 Å². The maximum absolute atomic E-state index is 11.9. The Hall–Kier alpha value is -3.49. The molecule has 0 spiro atoms. The van der Waals surface area contributed by atoms with Crippen LogP contribution in [0.2, 0.25) is 0 Å². The zero-order chi connectivity index (χ0) is 19.0. The minimum absolute atomic E-state index is 0.191. The van der Waals surface area contributed by atoms with Crippen LogP contribution in [-0.2, 0) is 0 Å². The Kier molecular flexibility index (Phi) is 4.19. The third-order valence-electron chi connectivity index (χ3n) is 4.36. The van der Waals surface area contributed by atoms with Gasteiger partial charge in [-0.3, -0.25) is 4.79 Å². The van der Waals surface area contributed by atoms with Crippen molar-refractivity contribution in [2.24, 2.45) is 0 Å². The Bertz CT molecular complexity index is 1020. The Balaban J connectivity index is 1.72. The number of carbonyl (C=O) groups is 1. The van der Waals surface area contributed by atoms with E-state index < -0.39 is 0 Å². The molecule has 0 atom stereocenters. The van der Waals surface area contributed by atoms with Crippen LogP contribution in [0.1, 0.15) is 29.1 Å². The van der Waals surface area contributed by atoms with Gasteiger partial charge in [-0.2, -0.15) is 0 Å². The second-order valence-corrected chi connectivity index (χ2v) is 6.34. The van der Waals surface area contributed by atoms with Crippen LogP contribution >= 0.6 is 0 Å². The van der Waals surface area contributed by atoms with Crippen LogP contribution in [0, 0.1) is 0 Å². The molecule has 140 valence electrons. The molecule has 27 heavy (non-hydrogen) atoms. The van der Waals surface area contributed by atoms with Gasteiger partial charge >= 0.3 is 0 Å². The summed E-state index contributed by atoms with van der Waals surface area (Å²) < 4.78 is 7.00. The van der Waals surface area contributed by atoms with E-state index in [0.29, 0.717) is 23.2 Å². The Morgan fingerprint density at radius 1 is 1.33 bits per heavy atom. The molecule has 4 N–H and O–H groups in total. The number of furan rings is 1. The molecule has 0 aliphatic heterocycles. The largest absolute Gasteiger partial charge is 0.457 e. The summed E-state index contributed by atoms with van der Waals surface area (Å²) in [4.78, 5) is 16.4. The number of nitrogens with one attached hydrogen (secondary N) is 4. The van der Waals surface area contributed by atoms with Crippen LogP contribution in [-0.4, -0.2) is 40.6 Å². The summed E-state index contributed by atoms with van der Waals surface area (Å²) in [7, 11) is 3.37. The van der Waals surface area contributed by atoms with E-state index in [-0.39, 0.29) is 11.7 Å². The van der Waals surface area contributed by atoms with Gasteiger partial charge in [-0.1, -0.05) is 6.58 Å². The predicted octanol–water partition coefficient (Wildman–Crippen LogP) is 2.19. The molecule has 0 radical (unpaired) electrons. The molecule has 9 nitrogen and oxygen atoms in total. The third kappa shape index (κ3) is 3.19. The van der Waals surface area contributed by atoms with Crippen LogP contribution in [0.3, 0.4) is 0 Å². The number of fused-ring (bicyclic) bond motifs is 1. The first kappa shape index (κ1) is 17.0. The fourth-order valence-electron chi connectivity index (χ4n) is 2.80. The first-order chi connectivity index (χ1) is 13.1.